The number of nitrogens with zero attached hydrogens (tertiary/aromatic N) is 1. The van der Waals surface area contributed by atoms with Crippen LogP contribution in [-0.2, 0) is 4.79 Å². The van der Waals surface area contributed by atoms with Crippen molar-refractivity contribution in [2.24, 2.45) is 5.92 Å². The minimum Gasteiger partial charge on any atom is -0.480 e. The van der Waals surface area contributed by atoms with Crippen molar-refractivity contribution in [2.45, 2.75) is 51.0 Å². The average molecular weight is 211 g/mol. The lowest BCUT2D eigenvalue weighted by molar-refractivity contribution is -0.150. The van der Waals surface area contributed by atoms with Crippen LogP contribution in [0.3, 0.4) is 0 Å². The molecule has 0 bridgehead atoms. The summed E-state index contributed by atoms with van der Waals surface area (Å²) >= 11 is 0. The fourth-order valence-corrected chi connectivity index (χ4v) is 3.23. The maximum atomic E-state index is 11.5. The van der Waals surface area contributed by atoms with Crippen LogP contribution in [0.25, 0.3) is 0 Å². The third-order valence-corrected chi connectivity index (χ3v) is 4.28. The van der Waals surface area contributed by atoms with Crippen LogP contribution in [0, 0.1) is 5.92 Å². The molecule has 2 rings (SSSR count). The van der Waals surface area contributed by atoms with Gasteiger partial charge in [0, 0.05) is 0 Å². The van der Waals surface area contributed by atoms with Crippen molar-refractivity contribution in [3.63, 3.8) is 0 Å². The first kappa shape index (κ1) is 10.9. The van der Waals surface area contributed by atoms with E-state index < -0.39 is 11.5 Å². The standard InChI is InChI=1S/C12H21NO2/c1-2-10-5-6-12(9-10,11(14)15)13-7-3-4-8-13/h10H,2-9H2,1H3,(H,14,15). The molecule has 1 heterocycles. The summed E-state index contributed by atoms with van der Waals surface area (Å²) < 4.78 is 0. The quantitative estimate of drug-likeness (QED) is 0.777. The molecule has 1 aliphatic heterocycles. The van der Waals surface area contributed by atoms with Gasteiger partial charge in [0.25, 0.3) is 0 Å². The lowest BCUT2D eigenvalue weighted by Crippen LogP contribution is -2.51. The zero-order chi connectivity index (χ0) is 10.9. The van der Waals surface area contributed by atoms with E-state index in [1.165, 1.54) is 12.8 Å². The Bertz CT molecular complexity index is 248. The summed E-state index contributed by atoms with van der Waals surface area (Å²) in [5, 5.41) is 9.50. The number of likely N-dealkylation sites (tertiary alicyclic amines) is 1. The van der Waals surface area contributed by atoms with Crippen molar-refractivity contribution in [3.05, 3.63) is 0 Å². The van der Waals surface area contributed by atoms with Crippen LogP contribution in [0.5, 0.6) is 0 Å². The summed E-state index contributed by atoms with van der Waals surface area (Å²) in [6, 6.07) is 0. The molecular weight excluding hydrogens is 190 g/mol. The molecule has 2 atom stereocenters. The van der Waals surface area contributed by atoms with E-state index in [-0.39, 0.29) is 0 Å². The summed E-state index contributed by atoms with van der Waals surface area (Å²) in [4.78, 5) is 13.8. The first-order valence-electron chi connectivity index (χ1n) is 6.17. The topological polar surface area (TPSA) is 40.5 Å². The molecule has 3 nitrogen and oxygen atoms in total. The highest BCUT2D eigenvalue weighted by Crippen LogP contribution is 2.42. The van der Waals surface area contributed by atoms with Crippen LogP contribution < -0.4 is 0 Å². The maximum absolute atomic E-state index is 11.5. The van der Waals surface area contributed by atoms with E-state index in [1.807, 2.05) is 0 Å². The molecule has 0 aromatic rings. The summed E-state index contributed by atoms with van der Waals surface area (Å²) in [5.74, 6) is 0.0436. The fourth-order valence-electron chi connectivity index (χ4n) is 3.23. The molecule has 15 heavy (non-hydrogen) atoms. The van der Waals surface area contributed by atoms with Gasteiger partial charge in [-0.3, -0.25) is 9.69 Å². The lowest BCUT2D eigenvalue weighted by atomic mass is 9.93. The summed E-state index contributed by atoms with van der Waals surface area (Å²) in [6.07, 6.45) is 6.31. The highest BCUT2D eigenvalue weighted by atomic mass is 16.4. The zero-order valence-electron chi connectivity index (χ0n) is 9.54. The van der Waals surface area contributed by atoms with E-state index in [4.69, 9.17) is 0 Å². The van der Waals surface area contributed by atoms with Crippen molar-refractivity contribution < 1.29 is 9.90 Å². The van der Waals surface area contributed by atoms with E-state index in [2.05, 4.69) is 11.8 Å². The maximum Gasteiger partial charge on any atom is 0.324 e. The Hall–Kier alpha value is -0.570. The highest BCUT2D eigenvalue weighted by Gasteiger charge is 2.49. The van der Waals surface area contributed by atoms with Gasteiger partial charge in [-0.25, -0.2) is 0 Å². The Morgan fingerprint density at radius 3 is 2.60 bits per heavy atom. The van der Waals surface area contributed by atoms with Crippen molar-refractivity contribution in [3.8, 4) is 0 Å². The SMILES string of the molecule is CCC1CCC(C(=O)O)(N2CCCC2)C1. The van der Waals surface area contributed by atoms with Crippen LogP contribution in [0.4, 0.5) is 0 Å². The molecule has 3 heteroatoms. The number of rotatable bonds is 3. The third-order valence-electron chi connectivity index (χ3n) is 4.28. The second kappa shape index (κ2) is 4.12. The predicted octanol–water partition coefficient (Wildman–Crippen LogP) is 2.12. The summed E-state index contributed by atoms with van der Waals surface area (Å²) in [7, 11) is 0. The van der Waals surface area contributed by atoms with Gasteiger partial charge < -0.3 is 5.11 Å². The summed E-state index contributed by atoms with van der Waals surface area (Å²) in [5.41, 5.74) is -0.503. The molecule has 2 fully saturated rings. The normalized spacial score (nSPS) is 37.3. The minimum absolute atomic E-state index is 0.503. The van der Waals surface area contributed by atoms with Crippen molar-refractivity contribution in [1.82, 2.24) is 4.90 Å². The van der Waals surface area contributed by atoms with Gasteiger partial charge in [0.2, 0.25) is 0 Å². The Morgan fingerprint density at radius 2 is 2.13 bits per heavy atom. The fraction of sp³-hybridized carbons (Fsp3) is 0.917. The largest absolute Gasteiger partial charge is 0.480 e. The molecule has 1 aliphatic carbocycles. The van der Waals surface area contributed by atoms with Crippen molar-refractivity contribution >= 4 is 5.97 Å². The molecule has 2 aliphatic rings. The molecule has 2 unspecified atom stereocenters. The van der Waals surface area contributed by atoms with E-state index in [1.54, 1.807) is 0 Å². The molecule has 86 valence electrons. The van der Waals surface area contributed by atoms with Crippen molar-refractivity contribution in [2.75, 3.05) is 13.1 Å². The van der Waals surface area contributed by atoms with E-state index >= 15 is 0 Å². The molecule has 1 saturated heterocycles. The number of hydrogen-bond donors (Lipinski definition) is 1. The van der Waals surface area contributed by atoms with Crippen molar-refractivity contribution in [1.29, 1.82) is 0 Å². The first-order valence-corrected chi connectivity index (χ1v) is 6.17. The molecule has 1 saturated carbocycles. The van der Waals surface area contributed by atoms with Crippen LogP contribution in [0.1, 0.15) is 45.4 Å². The number of carbonyl (C=O) groups is 1. The Kier molecular flexibility index (Phi) is 3.01. The third kappa shape index (κ3) is 1.78. The Morgan fingerprint density at radius 1 is 1.47 bits per heavy atom. The second-order valence-electron chi connectivity index (χ2n) is 5.05. The molecule has 0 spiro atoms. The molecule has 0 aromatic heterocycles. The average Bonchev–Trinajstić information content (AvgIpc) is 2.87. The predicted molar refractivity (Wildman–Crippen MR) is 58.8 cm³/mol. The number of carboxylic acids is 1. The molecule has 0 aromatic carbocycles. The molecule has 0 radical (unpaired) electrons. The first-order chi connectivity index (χ1) is 7.19. The highest BCUT2D eigenvalue weighted by molar-refractivity contribution is 5.79. The van der Waals surface area contributed by atoms with Crippen LogP contribution in [-0.4, -0.2) is 34.6 Å². The number of aliphatic carboxylic acids is 1. The van der Waals surface area contributed by atoms with Gasteiger partial charge in [-0.15, -0.1) is 0 Å². The van der Waals surface area contributed by atoms with E-state index in [0.29, 0.717) is 5.92 Å². The number of hydrogen-bond acceptors (Lipinski definition) is 2. The van der Waals surface area contributed by atoms with Gasteiger partial charge in [0.05, 0.1) is 0 Å². The summed E-state index contributed by atoms with van der Waals surface area (Å²) in [6.45, 7) is 4.15. The van der Waals surface area contributed by atoms with Gasteiger partial charge in [-0.05, 0) is 51.1 Å². The van der Waals surface area contributed by atoms with Crippen LogP contribution in [0.15, 0.2) is 0 Å². The van der Waals surface area contributed by atoms with Crippen LogP contribution in [0.2, 0.25) is 0 Å². The van der Waals surface area contributed by atoms with Gasteiger partial charge in [-0.1, -0.05) is 13.3 Å². The Balaban J connectivity index is 2.14. The molecular formula is C12H21NO2. The number of carboxylic acid groups (broad SMARTS) is 1. The lowest BCUT2D eigenvalue weighted by Gasteiger charge is -2.34. The van der Waals surface area contributed by atoms with Gasteiger partial charge in [0.15, 0.2) is 0 Å². The molecule has 1 N–H and O–H groups in total. The van der Waals surface area contributed by atoms with E-state index in [0.717, 1.165) is 38.8 Å². The Labute approximate surface area is 91.5 Å². The van der Waals surface area contributed by atoms with Gasteiger partial charge in [-0.2, -0.15) is 0 Å². The minimum atomic E-state index is -0.583. The zero-order valence-corrected chi connectivity index (χ0v) is 9.54. The molecule has 0 amide bonds. The van der Waals surface area contributed by atoms with Gasteiger partial charge >= 0.3 is 5.97 Å². The van der Waals surface area contributed by atoms with E-state index in [9.17, 15) is 9.90 Å². The van der Waals surface area contributed by atoms with Crippen LogP contribution >= 0.6 is 0 Å². The monoisotopic (exact) mass is 211 g/mol. The van der Waals surface area contributed by atoms with Gasteiger partial charge in [0.1, 0.15) is 5.54 Å². The second-order valence-corrected chi connectivity index (χ2v) is 5.05. The smallest absolute Gasteiger partial charge is 0.324 e.